The van der Waals surface area contributed by atoms with Crippen LogP contribution in [0.4, 0.5) is 55.2 Å². The molecule has 137 heavy (non-hydrogen) atoms. The number of Topliss-reactive ketones (excluding diaryl/α,β-unsaturated/α-hetero) is 1. The van der Waals surface area contributed by atoms with Crippen molar-refractivity contribution in [1.29, 1.82) is 0 Å². The number of carbonyl (C=O) groups excluding carboxylic acids is 5. The molecule has 4 atom stereocenters. The first kappa shape index (κ1) is 95.9. The molecule has 3 fully saturated rings. The van der Waals surface area contributed by atoms with Gasteiger partial charge in [-0.1, -0.05) is 140 Å². The van der Waals surface area contributed by atoms with E-state index in [0.717, 1.165) is 46.2 Å². The average molecular weight is 1870 g/mol. The Hall–Kier alpha value is -14.3. The number of pyridine rings is 3. The number of hydrogen-bond acceptors (Lipinski definition) is 18. The zero-order valence-electron chi connectivity index (χ0n) is 79.1. The summed E-state index contributed by atoms with van der Waals surface area (Å²) >= 11 is 0. The minimum atomic E-state index is -0.826. The summed E-state index contributed by atoms with van der Waals surface area (Å²) in [6.45, 7) is 34.2. The van der Waals surface area contributed by atoms with Crippen LogP contribution in [-0.2, 0) is 49.7 Å². The maximum absolute atomic E-state index is 16.4. The van der Waals surface area contributed by atoms with Crippen molar-refractivity contribution in [1.82, 2.24) is 58.3 Å². The number of halogens is 6. The number of para-hydroxylation sites is 3. The number of hydrogen-bond donors (Lipinski definition) is 0. The average Bonchev–Trinajstić information content (AvgIpc) is 1.31. The lowest BCUT2D eigenvalue weighted by atomic mass is 9.94. The van der Waals surface area contributed by atoms with Crippen LogP contribution in [0.2, 0.25) is 0 Å². The molecule has 12 heterocycles. The summed E-state index contributed by atoms with van der Waals surface area (Å²) in [5.41, 5.74) is 5.98. The van der Waals surface area contributed by atoms with E-state index in [2.05, 4.69) is 48.5 Å². The highest BCUT2D eigenvalue weighted by molar-refractivity contribution is 6.00. The Balaban J connectivity index is 0.000000149. The van der Waals surface area contributed by atoms with Gasteiger partial charge >= 0.3 is 17.1 Å². The van der Waals surface area contributed by atoms with Crippen LogP contribution in [0.5, 0.6) is 0 Å². The Morgan fingerprint density at radius 3 is 1.18 bits per heavy atom. The fourth-order valence-electron chi connectivity index (χ4n) is 20.2. The zero-order valence-corrected chi connectivity index (χ0v) is 79.1. The summed E-state index contributed by atoms with van der Waals surface area (Å²) in [6.07, 6.45) is 8.48. The predicted octanol–water partition coefficient (Wildman–Crippen LogP) is 17.1. The lowest BCUT2D eigenvalue weighted by Gasteiger charge is -2.44. The van der Waals surface area contributed by atoms with Crippen LogP contribution in [0.1, 0.15) is 164 Å². The van der Waals surface area contributed by atoms with Crippen molar-refractivity contribution in [3.05, 3.63) is 271 Å². The van der Waals surface area contributed by atoms with Crippen molar-refractivity contribution in [3.63, 3.8) is 0 Å². The largest absolute Gasteiger partial charge is 0.374 e. The van der Waals surface area contributed by atoms with Crippen molar-refractivity contribution in [3.8, 4) is 50.8 Å². The Bertz CT molecular complexity index is 7090. The van der Waals surface area contributed by atoms with Gasteiger partial charge in [-0.15, -0.1) is 0 Å². The first-order valence-electron chi connectivity index (χ1n) is 46.8. The standard InChI is InChI=1S/C36H37F2N5O3.C35H36F2N6O3.C35H38F2N6O2/c1-6-30(45)41-18-22(5)42(19-21(41)4)34-27-17-29(38)32-31-24(12-9-15-28(31)37)16-25(44)13-7-10-23-11-8-14-26(20(2)3)33(23)43(35(27)39-32)36(46)40-34;1-6-28(44)41-16-17-42(21(4)19-41)33-24-18-26(37)31-30-25(36)13-9-14-27(30)40(5)29(45)15-8-11-22-10-7-12-23(20(2)3)32(22)43(34(24)38-31)35(46)39-33;1-6-29(44)41-17-18-42(22(4)20-41)33-25-19-27(37)31-30-26(36)14-10-15-28(30)40(5)16-8-7-11-23-12-9-13-24(21(2)3)32(23)43(34(25)38-31)35(45)39-33/h6,8-9,11-12,14-15,17,20-22H,1,7,10,13,16,18-19H2,2-5H3;6-7,9-10,12-14,18,20-21H,1,8,11,15-17,19H2,2-5H3;6,9-10,12-15,19,21-22H,1,7-8,11,16-18,20H2,2-5H3/t21-,22+;21-;22-/m100/s1. The first-order valence-corrected chi connectivity index (χ1v) is 46.8. The third kappa shape index (κ3) is 18.3. The lowest BCUT2D eigenvalue weighted by molar-refractivity contribution is -0.129. The second kappa shape index (κ2) is 39.6. The Morgan fingerprint density at radius 1 is 0.380 bits per heavy atom. The number of amides is 4. The van der Waals surface area contributed by atoms with E-state index in [1.165, 1.54) is 85.4 Å². The minimum absolute atomic E-state index is 0.00308. The second-order valence-corrected chi connectivity index (χ2v) is 37.2. The number of carbonyl (C=O) groups is 5. The highest BCUT2D eigenvalue weighted by Gasteiger charge is 2.39. The van der Waals surface area contributed by atoms with Crippen molar-refractivity contribution >= 4 is 91.3 Å². The number of anilines is 5. The number of piperazine rings is 3. The number of rotatable bonds is 9. The molecule has 6 aliphatic heterocycles. The van der Waals surface area contributed by atoms with Gasteiger partial charge in [0, 0.05) is 128 Å². The molecule has 6 aliphatic rings. The fourth-order valence-corrected chi connectivity index (χ4v) is 20.2. The summed E-state index contributed by atoms with van der Waals surface area (Å²) in [5, 5.41) is 0.909. The number of ketones is 1. The van der Waals surface area contributed by atoms with Gasteiger partial charge in [0.25, 0.3) is 0 Å². The highest BCUT2D eigenvalue weighted by atomic mass is 19.1. The molecule has 710 valence electrons. The van der Waals surface area contributed by atoms with Gasteiger partial charge < -0.3 is 39.2 Å². The Morgan fingerprint density at radius 2 is 0.752 bits per heavy atom. The van der Waals surface area contributed by atoms with Gasteiger partial charge in [-0.2, -0.15) is 15.0 Å². The molecule has 12 aromatic rings. The molecule has 0 N–H and O–H groups in total. The van der Waals surface area contributed by atoms with Gasteiger partial charge in [-0.3, -0.25) is 24.0 Å². The predicted molar refractivity (Wildman–Crippen MR) is 523 cm³/mol. The molecule has 4 amide bonds. The number of nitrogens with zero attached hydrogens (tertiary/aromatic N) is 17. The van der Waals surface area contributed by atoms with E-state index >= 15 is 26.3 Å². The van der Waals surface area contributed by atoms with E-state index in [1.807, 2.05) is 137 Å². The van der Waals surface area contributed by atoms with Crippen molar-refractivity contribution in [2.24, 2.45) is 0 Å². The monoisotopic (exact) mass is 1860 g/mol. The molecule has 6 bridgehead atoms. The third-order valence-electron chi connectivity index (χ3n) is 27.1. The van der Waals surface area contributed by atoms with Crippen molar-refractivity contribution < 1.29 is 50.3 Å². The van der Waals surface area contributed by atoms with Gasteiger partial charge in [-0.05, 0) is 196 Å². The van der Waals surface area contributed by atoms with Gasteiger partial charge in [0.05, 0.1) is 50.0 Å². The Labute approximate surface area is 790 Å². The molecule has 0 saturated carbocycles. The molecular weight excluding hydrogens is 1750 g/mol. The van der Waals surface area contributed by atoms with Crippen LogP contribution in [0.25, 0.3) is 83.9 Å². The molecule has 3 saturated heterocycles. The highest BCUT2D eigenvalue weighted by Crippen LogP contribution is 2.44. The first-order chi connectivity index (χ1) is 65.6. The molecular formula is C106H111F6N17O8. The molecule has 6 aromatic heterocycles. The summed E-state index contributed by atoms with van der Waals surface area (Å²) < 4.78 is 100. The minimum Gasteiger partial charge on any atom is -0.374 e. The maximum Gasteiger partial charge on any atom is 0.355 e. The molecule has 0 radical (unpaired) electrons. The van der Waals surface area contributed by atoms with Crippen LogP contribution in [0, 0.1) is 34.9 Å². The topological polar surface area (TPSA) is 255 Å². The number of aromatic nitrogens is 9. The van der Waals surface area contributed by atoms with Crippen molar-refractivity contribution in [2.75, 3.05) is 97.5 Å². The summed E-state index contributed by atoms with van der Waals surface area (Å²) in [4.78, 5) is 149. The fraction of sp³-hybridized carbons (Fsp3) is 0.358. The van der Waals surface area contributed by atoms with Crippen LogP contribution < -0.4 is 41.6 Å². The van der Waals surface area contributed by atoms with Gasteiger partial charge in [0.1, 0.15) is 63.6 Å². The second-order valence-electron chi connectivity index (χ2n) is 37.2. The zero-order chi connectivity index (χ0) is 97.7. The SMILES string of the molecule is C=CC(=O)N1CCN(c2nc(=O)n3c4nc(c(F)cc24)-c2c(F)cccc2N(C)C(=O)CCCc2cccc(C(C)C)c2-3)[C@@H](C)C1.C=CC(=O)N1CCN(c2nc(=O)n3c4nc(c(F)cc24)-c2c(F)cccc2N(C)CCCCc2cccc(C(C)C)c2-3)[C@@H](C)C1.C=CC(=O)N1C[C@H](C)N(c2nc(=O)n3c4nc(c(F)cc24)-c2c(F)cccc2CC(=O)CCCc2cccc(C(C)C)c2-3)C[C@H]1C. The van der Waals surface area contributed by atoms with E-state index in [9.17, 15) is 38.4 Å². The summed E-state index contributed by atoms with van der Waals surface area (Å²) in [7, 11) is 3.41. The van der Waals surface area contributed by atoms with E-state index in [-0.39, 0.29) is 169 Å². The third-order valence-corrected chi connectivity index (χ3v) is 27.1. The number of fused-ring (bicyclic) bond motifs is 15. The van der Waals surface area contributed by atoms with Gasteiger partial charge in [0.2, 0.25) is 23.6 Å². The van der Waals surface area contributed by atoms with Gasteiger partial charge in [0.15, 0.2) is 28.6 Å². The maximum atomic E-state index is 16.4. The normalized spacial score (nSPS) is 17.5. The van der Waals surface area contributed by atoms with E-state index < -0.39 is 52.0 Å². The Kier molecular flexibility index (Phi) is 27.7. The van der Waals surface area contributed by atoms with Crippen molar-refractivity contribution in [2.45, 2.75) is 175 Å². The van der Waals surface area contributed by atoms with E-state index in [1.54, 1.807) is 46.0 Å². The summed E-state index contributed by atoms with van der Waals surface area (Å²) in [5.74, 6) is -4.46. The molecule has 0 aliphatic carbocycles. The summed E-state index contributed by atoms with van der Waals surface area (Å²) in [6, 6.07) is 33.7. The molecule has 0 spiro atoms. The van der Waals surface area contributed by atoms with E-state index in [4.69, 9.17) is 15.0 Å². The van der Waals surface area contributed by atoms with E-state index in [0.29, 0.717) is 131 Å². The van der Waals surface area contributed by atoms with Crippen LogP contribution in [-0.4, -0.2) is 185 Å². The molecule has 25 nitrogen and oxygen atoms in total. The lowest BCUT2D eigenvalue weighted by Crippen LogP contribution is -2.58. The van der Waals surface area contributed by atoms with Crippen LogP contribution in [0.15, 0.2) is 180 Å². The smallest absolute Gasteiger partial charge is 0.355 e. The molecule has 0 unspecified atom stereocenters. The molecule has 6 aromatic carbocycles. The number of aryl methyl sites for hydroxylation is 3. The molecule has 18 rings (SSSR count). The van der Waals surface area contributed by atoms with Crippen LogP contribution >= 0.6 is 0 Å². The van der Waals surface area contributed by atoms with Crippen LogP contribution in [0.3, 0.4) is 0 Å². The molecule has 31 heteroatoms. The number of benzene rings is 6. The quantitative estimate of drug-likeness (QED) is 0.0961. The van der Waals surface area contributed by atoms with Gasteiger partial charge in [-0.25, -0.2) is 69.4 Å².